The molecule has 2 aliphatic rings. The van der Waals surface area contributed by atoms with Crippen molar-refractivity contribution < 1.29 is 89.5 Å². The summed E-state index contributed by atoms with van der Waals surface area (Å²) in [5.41, 5.74) is -3.99. The van der Waals surface area contributed by atoms with Crippen molar-refractivity contribution in [3.05, 3.63) is 41.0 Å². The van der Waals surface area contributed by atoms with Crippen molar-refractivity contribution in [2.24, 2.45) is 0 Å². The molecule has 45 heavy (non-hydrogen) atoms. The number of phenolic OH excluding ortho intramolecular Hbond substituents is 9. The number of aliphatic hydroxyl groups excluding tert-OH is 2. The minimum atomic E-state index is -2.18. The van der Waals surface area contributed by atoms with Crippen LogP contribution in [0.3, 0.4) is 0 Å². The summed E-state index contributed by atoms with van der Waals surface area (Å²) in [6.45, 7) is -0.948. The lowest BCUT2D eigenvalue weighted by molar-refractivity contribution is -0.284. The average molecular weight is 634 g/mol. The molecule has 0 spiro atoms. The highest BCUT2D eigenvalue weighted by molar-refractivity contribution is 6.08. The number of rotatable bonds is 2. The molecule has 0 radical (unpaired) electrons. The van der Waals surface area contributed by atoms with Crippen molar-refractivity contribution in [2.45, 2.75) is 30.7 Å². The number of phenols is 9. The van der Waals surface area contributed by atoms with Crippen molar-refractivity contribution in [2.75, 3.05) is 6.61 Å². The molecule has 238 valence electrons. The maximum atomic E-state index is 13.4. The second-order valence-corrected chi connectivity index (χ2v) is 9.79. The van der Waals surface area contributed by atoms with Crippen LogP contribution in [0.4, 0.5) is 0 Å². The van der Waals surface area contributed by atoms with Gasteiger partial charge in [-0.3, -0.25) is 0 Å². The van der Waals surface area contributed by atoms with E-state index in [0.29, 0.717) is 24.3 Å². The molecule has 18 heteroatoms. The molecule has 1 fully saturated rings. The van der Waals surface area contributed by atoms with E-state index in [2.05, 4.69) is 0 Å². The Morgan fingerprint density at radius 2 is 1.16 bits per heavy atom. The number of fused-ring (bicyclic) bond motifs is 4. The third kappa shape index (κ3) is 5.07. The van der Waals surface area contributed by atoms with Crippen LogP contribution in [0.25, 0.3) is 11.1 Å². The van der Waals surface area contributed by atoms with Gasteiger partial charge in [0, 0.05) is 11.1 Å². The van der Waals surface area contributed by atoms with Gasteiger partial charge in [-0.25, -0.2) is 14.4 Å². The Bertz CT molecular complexity index is 1730. The third-order valence-electron chi connectivity index (χ3n) is 6.99. The van der Waals surface area contributed by atoms with Crippen molar-refractivity contribution >= 4 is 17.9 Å². The van der Waals surface area contributed by atoms with Gasteiger partial charge in [-0.2, -0.15) is 0 Å². The number of esters is 3. The summed E-state index contributed by atoms with van der Waals surface area (Å²) in [6, 6.07) is 2.51. The van der Waals surface area contributed by atoms with E-state index in [0.717, 1.165) is 0 Å². The smallest absolute Gasteiger partial charge is 0.340 e. The normalized spacial score (nSPS) is 22.9. The van der Waals surface area contributed by atoms with E-state index in [1.807, 2.05) is 0 Å². The quantitative estimate of drug-likeness (QED) is 0.0979. The van der Waals surface area contributed by atoms with Crippen LogP contribution >= 0.6 is 0 Å². The SMILES string of the molecule is O=C(O[C@H]1OC2COC(=O)c3cc(O)c(O)c(O)c3-c3c(cc(O)c(O)c3O)C(=O)O[C@H]2[C@H](O)C1O)c1cc(O)c(O)c(O)c1. The summed E-state index contributed by atoms with van der Waals surface area (Å²) in [6.07, 6.45) is -10.1. The number of ether oxygens (including phenoxy) is 4. The Morgan fingerprint density at radius 3 is 1.69 bits per heavy atom. The fraction of sp³-hybridized carbons (Fsp3) is 0.222. The monoisotopic (exact) mass is 634 g/mol. The molecule has 2 unspecified atom stereocenters. The lowest BCUT2D eigenvalue weighted by Crippen LogP contribution is -2.61. The largest absolute Gasteiger partial charge is 0.504 e. The van der Waals surface area contributed by atoms with Crippen LogP contribution in [-0.2, 0) is 18.9 Å². The van der Waals surface area contributed by atoms with E-state index < -0.39 is 135 Å². The third-order valence-corrected chi connectivity index (χ3v) is 6.99. The van der Waals surface area contributed by atoms with Gasteiger partial charge < -0.3 is 75.1 Å². The first-order chi connectivity index (χ1) is 21.1. The zero-order chi connectivity index (χ0) is 33.1. The Balaban J connectivity index is 1.57. The summed E-state index contributed by atoms with van der Waals surface area (Å²) >= 11 is 0. The van der Waals surface area contributed by atoms with Gasteiger partial charge in [0.2, 0.25) is 17.8 Å². The minimum Gasteiger partial charge on any atom is -0.504 e. The number of hydrogen-bond donors (Lipinski definition) is 11. The van der Waals surface area contributed by atoms with Crippen LogP contribution in [0, 0.1) is 0 Å². The molecule has 2 heterocycles. The standard InChI is InChI=1S/C27H22O18/c28-9-1-6(2-10(29)16(9)32)24(39)45-27-22(38)21(37)23-13(43-27)5-42-25(40)7-3-11(30)17(33)19(35)14(7)15-8(26(41)44-23)4-12(31)18(34)20(15)36/h1-4,13,21-23,27-38H,5H2/t13?,21-,22?,23-,27-/m1/s1. The number of hydrogen-bond acceptors (Lipinski definition) is 18. The number of carbonyl (C=O) groups is 3. The first-order valence-corrected chi connectivity index (χ1v) is 12.5. The molecule has 0 bridgehead atoms. The molecule has 3 aromatic carbocycles. The maximum absolute atomic E-state index is 13.4. The summed E-state index contributed by atoms with van der Waals surface area (Å²) in [7, 11) is 0. The van der Waals surface area contributed by atoms with Crippen molar-refractivity contribution in [3.8, 4) is 62.9 Å². The first kappa shape index (κ1) is 30.6. The van der Waals surface area contributed by atoms with Crippen LogP contribution in [-0.4, -0.2) is 111 Å². The average Bonchev–Trinajstić information content (AvgIpc) is 3.01. The molecule has 0 aromatic heterocycles. The Kier molecular flexibility index (Phi) is 7.49. The van der Waals surface area contributed by atoms with Gasteiger partial charge in [0.1, 0.15) is 24.9 Å². The summed E-state index contributed by atoms with van der Waals surface area (Å²) in [5, 5.41) is 112. The summed E-state index contributed by atoms with van der Waals surface area (Å²) in [4.78, 5) is 39.3. The highest BCUT2D eigenvalue weighted by atomic mass is 16.7. The van der Waals surface area contributed by atoms with Crippen LogP contribution < -0.4 is 0 Å². The molecule has 1 saturated heterocycles. The Hall–Kier alpha value is -5.85. The maximum Gasteiger partial charge on any atom is 0.340 e. The fourth-order valence-corrected chi connectivity index (χ4v) is 4.72. The van der Waals surface area contributed by atoms with Crippen LogP contribution in [0.5, 0.6) is 51.7 Å². The highest BCUT2D eigenvalue weighted by Gasteiger charge is 2.50. The molecular weight excluding hydrogens is 612 g/mol. The predicted octanol–water partition coefficient (Wildman–Crippen LogP) is -0.297. The van der Waals surface area contributed by atoms with Crippen molar-refractivity contribution in [3.63, 3.8) is 0 Å². The lowest BCUT2D eigenvalue weighted by Gasteiger charge is -2.41. The van der Waals surface area contributed by atoms with Crippen molar-refractivity contribution in [1.29, 1.82) is 0 Å². The van der Waals surface area contributed by atoms with Gasteiger partial charge in [-0.1, -0.05) is 0 Å². The number of aliphatic hydroxyl groups is 2. The van der Waals surface area contributed by atoms with E-state index >= 15 is 0 Å². The molecule has 11 N–H and O–H groups in total. The van der Waals surface area contributed by atoms with E-state index in [4.69, 9.17) is 18.9 Å². The molecule has 3 aromatic rings. The van der Waals surface area contributed by atoms with Gasteiger partial charge in [0.25, 0.3) is 0 Å². The van der Waals surface area contributed by atoms with Crippen LogP contribution in [0.1, 0.15) is 31.1 Å². The Morgan fingerprint density at radius 1 is 0.667 bits per heavy atom. The molecular formula is C27H22O18. The van der Waals surface area contributed by atoms with Crippen LogP contribution in [0.15, 0.2) is 24.3 Å². The van der Waals surface area contributed by atoms with Gasteiger partial charge in [-0.15, -0.1) is 0 Å². The lowest BCUT2D eigenvalue weighted by atomic mass is 9.92. The second kappa shape index (κ2) is 11.0. The summed E-state index contributed by atoms with van der Waals surface area (Å²) < 4.78 is 20.9. The van der Waals surface area contributed by atoms with E-state index in [9.17, 15) is 70.6 Å². The Labute approximate surface area is 248 Å². The minimum absolute atomic E-state index is 0.539. The van der Waals surface area contributed by atoms with E-state index in [1.54, 1.807) is 0 Å². The number of benzene rings is 3. The van der Waals surface area contributed by atoms with E-state index in [-0.39, 0.29) is 0 Å². The number of aromatic hydroxyl groups is 9. The second-order valence-electron chi connectivity index (χ2n) is 9.79. The highest BCUT2D eigenvalue weighted by Crippen LogP contribution is 2.53. The fourth-order valence-electron chi connectivity index (χ4n) is 4.72. The van der Waals surface area contributed by atoms with Gasteiger partial charge in [0.15, 0.2) is 46.4 Å². The topological polar surface area (TPSA) is 311 Å². The molecule has 5 atom stereocenters. The number of carbonyl (C=O) groups excluding carboxylic acids is 3. The molecule has 18 nitrogen and oxygen atoms in total. The zero-order valence-corrected chi connectivity index (χ0v) is 22.2. The molecule has 0 aliphatic carbocycles. The number of cyclic esters (lactones) is 1. The van der Waals surface area contributed by atoms with E-state index in [1.165, 1.54) is 0 Å². The molecule has 0 amide bonds. The first-order valence-electron chi connectivity index (χ1n) is 12.5. The summed E-state index contributed by atoms with van der Waals surface area (Å²) in [5.74, 6) is -14.3. The van der Waals surface area contributed by atoms with Crippen molar-refractivity contribution in [1.82, 2.24) is 0 Å². The zero-order valence-electron chi connectivity index (χ0n) is 22.2. The van der Waals surface area contributed by atoms with Gasteiger partial charge in [-0.05, 0) is 24.3 Å². The molecule has 0 saturated carbocycles. The van der Waals surface area contributed by atoms with Crippen LogP contribution in [0.2, 0.25) is 0 Å². The molecule has 5 rings (SSSR count). The van der Waals surface area contributed by atoms with Gasteiger partial charge >= 0.3 is 17.9 Å². The van der Waals surface area contributed by atoms with Gasteiger partial charge in [0.05, 0.1) is 16.7 Å². The molecule has 2 aliphatic heterocycles. The predicted molar refractivity (Wildman–Crippen MR) is 139 cm³/mol.